The van der Waals surface area contributed by atoms with Gasteiger partial charge in [0.15, 0.2) is 0 Å². The first-order valence-electron chi connectivity index (χ1n) is 8.45. The molecule has 0 radical (unpaired) electrons. The summed E-state index contributed by atoms with van der Waals surface area (Å²) in [5.41, 5.74) is 2.35. The quantitative estimate of drug-likeness (QED) is 0.464. The molecule has 0 saturated carbocycles. The highest BCUT2D eigenvalue weighted by Gasteiger charge is 2.23. The van der Waals surface area contributed by atoms with Gasteiger partial charge in [0, 0.05) is 43.5 Å². The van der Waals surface area contributed by atoms with Crippen LogP contribution in [0, 0.1) is 5.41 Å². The van der Waals surface area contributed by atoms with Crippen molar-refractivity contribution in [2.45, 2.75) is 26.8 Å². The smallest absolute Gasteiger partial charge is 0.130 e. The Hall–Kier alpha value is -1.46. The molecule has 0 spiro atoms. The number of hydrogen-bond donors (Lipinski definition) is 2. The van der Waals surface area contributed by atoms with Gasteiger partial charge in [-0.3, -0.25) is 5.41 Å². The summed E-state index contributed by atoms with van der Waals surface area (Å²) in [4.78, 5) is 4.50. The molecular formula is C19H32N4S. The van der Waals surface area contributed by atoms with Gasteiger partial charge in [0.2, 0.25) is 0 Å². The molecule has 2 aliphatic heterocycles. The van der Waals surface area contributed by atoms with Crippen molar-refractivity contribution in [1.29, 1.82) is 5.41 Å². The molecule has 2 aliphatic rings. The van der Waals surface area contributed by atoms with Gasteiger partial charge in [-0.2, -0.15) is 0 Å². The summed E-state index contributed by atoms with van der Waals surface area (Å²) < 4.78 is 0. The van der Waals surface area contributed by atoms with E-state index >= 15 is 0 Å². The summed E-state index contributed by atoms with van der Waals surface area (Å²) >= 11 is 1.79. The summed E-state index contributed by atoms with van der Waals surface area (Å²) in [6, 6.07) is 0.217. The highest BCUT2D eigenvalue weighted by atomic mass is 32.2. The number of hydrogen-bond acceptors (Lipinski definition) is 4. The Morgan fingerprint density at radius 2 is 1.92 bits per heavy atom. The van der Waals surface area contributed by atoms with Crippen LogP contribution in [-0.2, 0) is 0 Å². The highest BCUT2D eigenvalue weighted by Crippen LogP contribution is 2.29. The minimum atomic E-state index is 0.217. The van der Waals surface area contributed by atoms with Crippen molar-refractivity contribution in [1.82, 2.24) is 15.1 Å². The van der Waals surface area contributed by atoms with Crippen molar-refractivity contribution in [2.24, 2.45) is 0 Å². The van der Waals surface area contributed by atoms with E-state index in [1.165, 1.54) is 5.57 Å². The van der Waals surface area contributed by atoms with Crippen LogP contribution in [-0.4, -0.2) is 60.7 Å². The van der Waals surface area contributed by atoms with Gasteiger partial charge in [0.25, 0.3) is 0 Å². The van der Waals surface area contributed by atoms with Crippen molar-refractivity contribution in [2.75, 3.05) is 39.0 Å². The number of nitrogens with zero attached hydrogens (tertiary/aromatic N) is 2. The molecule has 4 nitrogen and oxygen atoms in total. The molecule has 1 saturated heterocycles. The van der Waals surface area contributed by atoms with Crippen LogP contribution in [0.2, 0.25) is 0 Å². The van der Waals surface area contributed by atoms with Crippen LogP contribution < -0.4 is 5.32 Å². The first-order valence-corrected chi connectivity index (χ1v) is 9.44. The standard InChI is InChI=1S/C16H26N4S.C3H6/c1-5-13(3)18-16-14(10-12(2)11-21-16)15(17)20-8-6-19(4)7-9-20;1-3-2/h5,10,13,17-18H,1,6-9,11H2,2-4H3;3H,1H2,2H3. The van der Waals surface area contributed by atoms with Crippen LogP contribution >= 0.6 is 11.8 Å². The molecule has 0 aromatic heterocycles. The third-order valence-corrected chi connectivity index (χ3v) is 5.09. The molecule has 0 aliphatic carbocycles. The van der Waals surface area contributed by atoms with E-state index in [-0.39, 0.29) is 6.04 Å². The Labute approximate surface area is 151 Å². The Morgan fingerprint density at radius 1 is 1.33 bits per heavy atom. The number of nitrogens with one attached hydrogen (secondary N) is 2. The predicted molar refractivity (Wildman–Crippen MR) is 109 cm³/mol. The van der Waals surface area contributed by atoms with E-state index < -0.39 is 0 Å². The van der Waals surface area contributed by atoms with Gasteiger partial charge < -0.3 is 15.1 Å². The predicted octanol–water partition coefficient (Wildman–Crippen LogP) is 3.47. The zero-order chi connectivity index (χ0) is 18.1. The molecular weight excluding hydrogens is 316 g/mol. The molecule has 0 aromatic rings. The maximum Gasteiger partial charge on any atom is 0.130 e. The normalized spacial score (nSPS) is 19.7. The summed E-state index contributed by atoms with van der Waals surface area (Å²) in [6.45, 7) is 17.2. The number of likely N-dealkylation sites (N-methyl/N-ethyl adjacent to an activating group) is 1. The van der Waals surface area contributed by atoms with Crippen LogP contribution in [0.1, 0.15) is 20.8 Å². The van der Waals surface area contributed by atoms with E-state index in [1.54, 1.807) is 17.8 Å². The molecule has 0 bridgehead atoms. The molecule has 2 heterocycles. The third-order valence-electron chi connectivity index (χ3n) is 3.87. The van der Waals surface area contributed by atoms with Gasteiger partial charge in [0.1, 0.15) is 5.84 Å². The molecule has 0 aromatic carbocycles. The summed E-state index contributed by atoms with van der Waals surface area (Å²) in [5, 5.41) is 13.2. The van der Waals surface area contributed by atoms with E-state index in [0.717, 1.165) is 42.5 Å². The van der Waals surface area contributed by atoms with Crippen LogP contribution in [0.15, 0.2) is 47.6 Å². The average molecular weight is 349 g/mol. The van der Waals surface area contributed by atoms with Gasteiger partial charge in [-0.15, -0.1) is 24.9 Å². The number of amidine groups is 1. The van der Waals surface area contributed by atoms with Crippen molar-refractivity contribution < 1.29 is 0 Å². The number of allylic oxidation sites excluding steroid dienone is 1. The maximum absolute atomic E-state index is 8.59. The van der Waals surface area contributed by atoms with Crippen LogP contribution in [0.4, 0.5) is 0 Å². The van der Waals surface area contributed by atoms with Crippen molar-refractivity contribution in [3.05, 3.63) is 47.6 Å². The molecule has 5 heteroatoms. The van der Waals surface area contributed by atoms with Gasteiger partial charge >= 0.3 is 0 Å². The zero-order valence-corrected chi connectivity index (χ0v) is 16.4. The second-order valence-electron chi connectivity index (χ2n) is 6.24. The first-order chi connectivity index (χ1) is 11.4. The van der Waals surface area contributed by atoms with Crippen LogP contribution in [0.3, 0.4) is 0 Å². The maximum atomic E-state index is 8.59. The van der Waals surface area contributed by atoms with Gasteiger partial charge in [-0.1, -0.05) is 17.7 Å². The van der Waals surface area contributed by atoms with Crippen molar-refractivity contribution in [3.8, 4) is 0 Å². The van der Waals surface area contributed by atoms with E-state index in [1.807, 2.05) is 13.0 Å². The van der Waals surface area contributed by atoms with E-state index in [9.17, 15) is 0 Å². The second kappa shape index (κ2) is 10.4. The monoisotopic (exact) mass is 348 g/mol. The minimum absolute atomic E-state index is 0.217. The Balaban J connectivity index is 0.000000891. The fraction of sp³-hybridized carbons (Fsp3) is 0.526. The second-order valence-corrected chi connectivity index (χ2v) is 7.22. The molecule has 24 heavy (non-hydrogen) atoms. The fourth-order valence-corrected chi connectivity index (χ4v) is 3.41. The lowest BCUT2D eigenvalue weighted by Gasteiger charge is -2.35. The molecule has 1 unspecified atom stereocenters. The lowest BCUT2D eigenvalue weighted by atomic mass is 10.1. The van der Waals surface area contributed by atoms with E-state index in [4.69, 9.17) is 5.41 Å². The lowest BCUT2D eigenvalue weighted by molar-refractivity contribution is 0.215. The van der Waals surface area contributed by atoms with Gasteiger partial charge in [0.05, 0.1) is 5.03 Å². The minimum Gasteiger partial charge on any atom is -0.373 e. The summed E-state index contributed by atoms with van der Waals surface area (Å²) in [5.74, 6) is 1.64. The number of thioether (sulfide) groups is 1. The van der Waals surface area contributed by atoms with Crippen molar-refractivity contribution in [3.63, 3.8) is 0 Å². The summed E-state index contributed by atoms with van der Waals surface area (Å²) in [6.07, 6.45) is 5.81. The van der Waals surface area contributed by atoms with E-state index in [0.29, 0.717) is 5.84 Å². The SMILES string of the molecule is C=CC.C=CC(C)NC1=C(C(=N)N2CCN(C)CC2)C=C(C)CS1. The molecule has 1 fully saturated rings. The van der Waals surface area contributed by atoms with Gasteiger partial charge in [-0.25, -0.2) is 0 Å². The van der Waals surface area contributed by atoms with E-state index in [2.05, 4.69) is 55.2 Å². The fourth-order valence-electron chi connectivity index (χ4n) is 2.38. The topological polar surface area (TPSA) is 42.4 Å². The Bertz CT molecular complexity index is 513. The largest absolute Gasteiger partial charge is 0.373 e. The van der Waals surface area contributed by atoms with Crippen LogP contribution in [0.5, 0.6) is 0 Å². The molecule has 134 valence electrons. The Kier molecular flexibility index (Phi) is 8.93. The average Bonchev–Trinajstić information content (AvgIpc) is 2.57. The zero-order valence-electron chi connectivity index (χ0n) is 15.6. The highest BCUT2D eigenvalue weighted by molar-refractivity contribution is 8.03. The molecule has 1 atom stereocenters. The Morgan fingerprint density at radius 3 is 2.46 bits per heavy atom. The van der Waals surface area contributed by atoms with Crippen LogP contribution in [0.25, 0.3) is 0 Å². The number of piperazine rings is 1. The number of rotatable bonds is 4. The third kappa shape index (κ3) is 6.21. The molecule has 2 N–H and O–H groups in total. The van der Waals surface area contributed by atoms with Gasteiger partial charge in [-0.05, 0) is 33.9 Å². The lowest BCUT2D eigenvalue weighted by Crippen LogP contribution is -2.47. The first kappa shape index (κ1) is 20.6. The van der Waals surface area contributed by atoms with Crippen molar-refractivity contribution >= 4 is 17.6 Å². The molecule has 0 amide bonds. The summed E-state index contributed by atoms with van der Waals surface area (Å²) in [7, 11) is 2.14. The molecule has 2 rings (SSSR count).